The second-order valence-corrected chi connectivity index (χ2v) is 7.17. The SMILES string of the molecule is O=C(c1ccccc1[N+](=O)[O-])N(Cc1ccc(Cl)cc1Cl)N1C(=O)CCCC1=O. The standard InChI is InChI=1S/C19H15Cl2N3O5/c20-13-9-8-12(15(21)10-13)11-22(23-17(25)6-3-7-18(23)26)19(27)14-4-1-2-5-16(14)24(28)29/h1-2,4-5,8-10H,3,6-7,11H2. The molecule has 0 atom stereocenters. The van der Waals surface area contributed by atoms with E-state index in [2.05, 4.69) is 0 Å². The lowest BCUT2D eigenvalue weighted by Crippen LogP contribution is -2.54. The van der Waals surface area contributed by atoms with Crippen molar-refractivity contribution in [1.29, 1.82) is 0 Å². The molecule has 8 nitrogen and oxygen atoms in total. The van der Waals surface area contributed by atoms with Crippen LogP contribution in [0.5, 0.6) is 0 Å². The normalized spacial score (nSPS) is 14.1. The first-order chi connectivity index (χ1) is 13.8. The maximum Gasteiger partial charge on any atom is 0.282 e. The summed E-state index contributed by atoms with van der Waals surface area (Å²) in [5, 5.41) is 13.6. The van der Waals surface area contributed by atoms with Crippen LogP contribution in [0.4, 0.5) is 5.69 Å². The molecular formula is C19H15Cl2N3O5. The van der Waals surface area contributed by atoms with Crippen molar-refractivity contribution in [2.45, 2.75) is 25.8 Å². The first kappa shape index (κ1) is 20.8. The number of hydrogen-bond acceptors (Lipinski definition) is 5. The Morgan fingerprint density at radius 3 is 2.38 bits per heavy atom. The van der Waals surface area contributed by atoms with E-state index in [4.69, 9.17) is 23.2 Å². The van der Waals surface area contributed by atoms with Crippen LogP contribution >= 0.6 is 23.2 Å². The molecule has 2 aromatic carbocycles. The number of carbonyl (C=O) groups excluding carboxylic acids is 3. The molecule has 29 heavy (non-hydrogen) atoms. The Morgan fingerprint density at radius 2 is 1.76 bits per heavy atom. The average Bonchev–Trinajstić information content (AvgIpc) is 2.68. The first-order valence-electron chi connectivity index (χ1n) is 8.64. The molecule has 2 aromatic rings. The quantitative estimate of drug-likeness (QED) is 0.401. The van der Waals surface area contributed by atoms with E-state index in [0.29, 0.717) is 17.0 Å². The van der Waals surface area contributed by atoms with Gasteiger partial charge in [-0.2, -0.15) is 5.01 Å². The van der Waals surface area contributed by atoms with Crippen molar-refractivity contribution in [1.82, 2.24) is 10.0 Å². The van der Waals surface area contributed by atoms with Crippen LogP contribution in [-0.4, -0.2) is 32.7 Å². The highest BCUT2D eigenvalue weighted by Crippen LogP contribution is 2.27. The van der Waals surface area contributed by atoms with Crippen molar-refractivity contribution >= 4 is 46.6 Å². The molecular weight excluding hydrogens is 421 g/mol. The molecule has 0 N–H and O–H groups in total. The highest BCUT2D eigenvalue weighted by Gasteiger charge is 2.37. The third kappa shape index (κ3) is 4.38. The Hall–Kier alpha value is -2.97. The predicted molar refractivity (Wildman–Crippen MR) is 105 cm³/mol. The van der Waals surface area contributed by atoms with E-state index in [-0.39, 0.29) is 30.0 Å². The minimum atomic E-state index is -0.855. The molecule has 1 aliphatic rings. The molecule has 150 valence electrons. The Morgan fingerprint density at radius 1 is 1.10 bits per heavy atom. The van der Waals surface area contributed by atoms with Crippen LogP contribution in [0.25, 0.3) is 0 Å². The maximum absolute atomic E-state index is 13.2. The minimum absolute atomic E-state index is 0.0841. The highest BCUT2D eigenvalue weighted by atomic mass is 35.5. The number of carbonyl (C=O) groups is 3. The van der Waals surface area contributed by atoms with Crippen LogP contribution in [0.15, 0.2) is 42.5 Å². The number of hydrogen-bond donors (Lipinski definition) is 0. The number of rotatable bonds is 5. The molecule has 10 heteroatoms. The van der Waals surface area contributed by atoms with Gasteiger partial charge < -0.3 is 0 Å². The lowest BCUT2D eigenvalue weighted by atomic mass is 10.1. The monoisotopic (exact) mass is 435 g/mol. The summed E-state index contributed by atoms with van der Waals surface area (Å²) in [5.41, 5.74) is -0.246. The van der Waals surface area contributed by atoms with Crippen molar-refractivity contribution < 1.29 is 19.3 Å². The summed E-state index contributed by atoms with van der Waals surface area (Å²) in [6.45, 7) is -0.238. The van der Waals surface area contributed by atoms with Crippen LogP contribution in [0.3, 0.4) is 0 Å². The van der Waals surface area contributed by atoms with Crippen LogP contribution in [0.2, 0.25) is 10.0 Å². The van der Waals surface area contributed by atoms with Gasteiger partial charge in [-0.15, -0.1) is 0 Å². The van der Waals surface area contributed by atoms with Crippen molar-refractivity contribution in [3.05, 3.63) is 73.8 Å². The van der Waals surface area contributed by atoms with E-state index in [1.54, 1.807) is 12.1 Å². The van der Waals surface area contributed by atoms with Crippen molar-refractivity contribution in [3.8, 4) is 0 Å². The lowest BCUT2D eigenvalue weighted by molar-refractivity contribution is -0.385. The van der Waals surface area contributed by atoms with Gasteiger partial charge >= 0.3 is 0 Å². The van der Waals surface area contributed by atoms with Gasteiger partial charge in [-0.05, 0) is 30.2 Å². The van der Waals surface area contributed by atoms with Gasteiger partial charge in [0.05, 0.1) is 11.5 Å². The zero-order valence-electron chi connectivity index (χ0n) is 15.0. The van der Waals surface area contributed by atoms with Crippen LogP contribution in [0.1, 0.15) is 35.2 Å². The fraction of sp³-hybridized carbons (Fsp3) is 0.211. The van der Waals surface area contributed by atoms with Crippen molar-refractivity contribution in [2.75, 3.05) is 0 Å². The number of halogens is 2. The van der Waals surface area contributed by atoms with E-state index >= 15 is 0 Å². The van der Waals surface area contributed by atoms with Crippen LogP contribution in [-0.2, 0) is 16.1 Å². The Labute approximate surface area is 175 Å². The summed E-state index contributed by atoms with van der Waals surface area (Å²) in [6.07, 6.45) is 0.547. The number of nitrogens with zero attached hydrogens (tertiary/aromatic N) is 3. The molecule has 1 fully saturated rings. The second kappa shape index (κ2) is 8.59. The van der Waals surface area contributed by atoms with Crippen LogP contribution < -0.4 is 0 Å². The number of amides is 3. The number of piperidine rings is 1. The Bertz CT molecular complexity index is 995. The molecule has 1 aliphatic heterocycles. The third-order valence-electron chi connectivity index (χ3n) is 4.40. The zero-order valence-corrected chi connectivity index (χ0v) is 16.5. The fourth-order valence-corrected chi connectivity index (χ4v) is 3.48. The molecule has 3 amide bonds. The van der Waals surface area contributed by atoms with Crippen LogP contribution in [0, 0.1) is 10.1 Å². The molecule has 1 saturated heterocycles. The van der Waals surface area contributed by atoms with E-state index < -0.39 is 28.3 Å². The summed E-state index contributed by atoms with van der Waals surface area (Å²) in [6, 6.07) is 9.92. The fourth-order valence-electron chi connectivity index (χ4n) is 3.01. The molecule has 0 aromatic heterocycles. The smallest absolute Gasteiger partial charge is 0.273 e. The van der Waals surface area contributed by atoms with E-state index in [9.17, 15) is 24.5 Å². The summed E-state index contributed by atoms with van der Waals surface area (Å²) in [7, 11) is 0. The Kier molecular flexibility index (Phi) is 6.14. The van der Waals surface area contributed by atoms with Gasteiger partial charge in [0.15, 0.2) is 0 Å². The molecule has 0 radical (unpaired) electrons. The second-order valence-electron chi connectivity index (χ2n) is 6.33. The maximum atomic E-state index is 13.2. The third-order valence-corrected chi connectivity index (χ3v) is 4.98. The number of nitro groups is 1. The average molecular weight is 436 g/mol. The molecule has 3 rings (SSSR count). The number of nitro benzene ring substituents is 1. The van der Waals surface area contributed by atoms with E-state index in [0.717, 1.165) is 10.0 Å². The molecule has 0 saturated carbocycles. The topological polar surface area (TPSA) is 101 Å². The Balaban J connectivity index is 2.07. The first-order valence-corrected chi connectivity index (χ1v) is 9.40. The summed E-state index contributed by atoms with van der Waals surface area (Å²) in [5.74, 6) is -1.97. The summed E-state index contributed by atoms with van der Waals surface area (Å²) < 4.78 is 0. The van der Waals surface area contributed by atoms with E-state index in [1.165, 1.54) is 30.3 Å². The molecule has 1 heterocycles. The summed E-state index contributed by atoms with van der Waals surface area (Å²) in [4.78, 5) is 48.8. The number of benzene rings is 2. The lowest BCUT2D eigenvalue weighted by Gasteiger charge is -2.35. The van der Waals surface area contributed by atoms with Crippen molar-refractivity contribution in [2.24, 2.45) is 0 Å². The highest BCUT2D eigenvalue weighted by molar-refractivity contribution is 6.35. The van der Waals surface area contributed by atoms with Gasteiger partial charge in [0.25, 0.3) is 11.6 Å². The number of imide groups is 1. The minimum Gasteiger partial charge on any atom is -0.273 e. The largest absolute Gasteiger partial charge is 0.282 e. The van der Waals surface area contributed by atoms with Gasteiger partial charge in [0.2, 0.25) is 11.8 Å². The van der Waals surface area contributed by atoms with Crippen molar-refractivity contribution in [3.63, 3.8) is 0 Å². The van der Waals surface area contributed by atoms with Gasteiger partial charge in [0.1, 0.15) is 5.56 Å². The molecule has 0 spiro atoms. The predicted octanol–water partition coefficient (Wildman–Crippen LogP) is 4.00. The molecule has 0 bridgehead atoms. The zero-order chi connectivity index (χ0) is 21.1. The van der Waals surface area contributed by atoms with Gasteiger partial charge in [-0.25, -0.2) is 5.01 Å². The van der Waals surface area contributed by atoms with Gasteiger partial charge in [0, 0.05) is 29.0 Å². The number of hydrazine groups is 1. The van der Waals surface area contributed by atoms with E-state index in [1.807, 2.05) is 0 Å². The molecule has 0 unspecified atom stereocenters. The van der Waals surface area contributed by atoms with Gasteiger partial charge in [-0.1, -0.05) is 41.4 Å². The van der Waals surface area contributed by atoms with Gasteiger partial charge in [-0.3, -0.25) is 24.5 Å². The number of para-hydroxylation sites is 1. The molecule has 0 aliphatic carbocycles. The summed E-state index contributed by atoms with van der Waals surface area (Å²) >= 11 is 12.1.